The van der Waals surface area contributed by atoms with E-state index in [4.69, 9.17) is 0 Å². The normalized spacial score (nSPS) is 19.6. The average molecular weight is 305 g/mol. The Bertz CT molecular complexity index is 578. The summed E-state index contributed by atoms with van der Waals surface area (Å²) in [6.07, 6.45) is -4.74. The molecule has 0 saturated carbocycles. The number of rotatable bonds is 1. The van der Waals surface area contributed by atoms with Crippen molar-refractivity contribution >= 4 is 35.1 Å². The maximum Gasteiger partial charge on any atom is 0.573 e. The van der Waals surface area contributed by atoms with Gasteiger partial charge in [-0.25, -0.2) is 0 Å². The molecule has 1 aromatic carbocycles. The molecule has 0 fully saturated rings. The van der Waals surface area contributed by atoms with Crippen molar-refractivity contribution in [2.24, 2.45) is 0 Å². The number of amides is 1. The van der Waals surface area contributed by atoms with Crippen LogP contribution in [0.25, 0.3) is 0 Å². The third-order valence-electron chi connectivity index (χ3n) is 2.65. The molecule has 2 aliphatic heterocycles. The summed E-state index contributed by atoms with van der Waals surface area (Å²) >= 11 is 2.53. The van der Waals surface area contributed by atoms with Gasteiger partial charge in [-0.2, -0.15) is 0 Å². The smallest absolute Gasteiger partial charge is 0.406 e. The number of benzene rings is 1. The number of hydrogen-bond acceptors (Lipinski definition) is 4. The molecular weight excluding hydrogens is 299 g/mol. The minimum Gasteiger partial charge on any atom is -0.406 e. The van der Waals surface area contributed by atoms with Crippen LogP contribution in [0.5, 0.6) is 5.75 Å². The van der Waals surface area contributed by atoms with Crippen LogP contribution in [-0.4, -0.2) is 12.3 Å². The lowest BCUT2D eigenvalue weighted by Gasteiger charge is -2.19. The van der Waals surface area contributed by atoms with Crippen molar-refractivity contribution in [1.82, 2.24) is 0 Å². The van der Waals surface area contributed by atoms with E-state index in [2.05, 4.69) is 10.1 Å². The molecule has 2 heterocycles. The summed E-state index contributed by atoms with van der Waals surface area (Å²) in [5.41, 5.74) is 1.02. The minimum absolute atomic E-state index is 0.244. The van der Waals surface area contributed by atoms with Crippen molar-refractivity contribution in [2.45, 2.75) is 10.4 Å². The molecule has 2 aliphatic rings. The molecule has 19 heavy (non-hydrogen) atoms. The largest absolute Gasteiger partial charge is 0.573 e. The average Bonchev–Trinajstić information content (AvgIpc) is 2.87. The molecule has 8 heteroatoms. The maximum atomic E-state index is 12.2. The molecule has 0 radical (unpaired) electrons. The van der Waals surface area contributed by atoms with Gasteiger partial charge >= 0.3 is 6.36 Å². The fourth-order valence-corrected chi connectivity index (χ4v) is 4.23. The molecule has 0 atom stereocenters. The first-order valence-electron chi connectivity index (χ1n) is 5.13. The Labute approximate surface area is 114 Å². The Morgan fingerprint density at radius 2 is 1.89 bits per heavy atom. The van der Waals surface area contributed by atoms with E-state index in [1.165, 1.54) is 41.7 Å². The third kappa shape index (κ3) is 2.08. The van der Waals surface area contributed by atoms with E-state index in [1.54, 1.807) is 10.8 Å². The molecule has 0 bridgehead atoms. The quantitative estimate of drug-likeness (QED) is 0.859. The topological polar surface area (TPSA) is 38.3 Å². The van der Waals surface area contributed by atoms with E-state index in [9.17, 15) is 18.0 Å². The van der Waals surface area contributed by atoms with Gasteiger partial charge in [0.1, 0.15) is 5.75 Å². The van der Waals surface area contributed by atoms with Crippen LogP contribution in [0.15, 0.2) is 29.0 Å². The lowest BCUT2D eigenvalue weighted by Crippen LogP contribution is -2.24. The summed E-state index contributed by atoms with van der Waals surface area (Å²) in [6.45, 7) is 0. The van der Waals surface area contributed by atoms with E-state index in [1.807, 2.05) is 0 Å². The van der Waals surface area contributed by atoms with Gasteiger partial charge in [0.15, 0.2) is 4.08 Å². The predicted molar refractivity (Wildman–Crippen MR) is 67.8 cm³/mol. The van der Waals surface area contributed by atoms with Crippen LogP contribution >= 0.6 is 23.5 Å². The second-order valence-electron chi connectivity index (χ2n) is 3.83. The highest BCUT2D eigenvalue weighted by Gasteiger charge is 2.49. The molecule has 3 nitrogen and oxygen atoms in total. The highest BCUT2D eigenvalue weighted by molar-refractivity contribution is 8.24. The lowest BCUT2D eigenvalue weighted by atomic mass is 10.1. The van der Waals surface area contributed by atoms with Crippen LogP contribution in [0.3, 0.4) is 0 Å². The summed E-state index contributed by atoms with van der Waals surface area (Å²) in [4.78, 5) is 12.0. The van der Waals surface area contributed by atoms with Gasteiger partial charge < -0.3 is 10.1 Å². The number of hydrogen-bond donors (Lipinski definition) is 1. The second kappa shape index (κ2) is 4.11. The van der Waals surface area contributed by atoms with E-state index >= 15 is 0 Å². The van der Waals surface area contributed by atoms with Crippen molar-refractivity contribution in [3.05, 3.63) is 34.6 Å². The number of anilines is 1. The number of ether oxygens (including phenoxy) is 1. The standard InChI is InChI=1S/C11H6F3NO2S2/c12-11(13,14)17-6-1-2-8-7(5-6)10(9(16)15-8)18-3-4-19-10/h1-5H,(H,15,16). The molecule has 0 unspecified atom stereocenters. The molecule has 100 valence electrons. The predicted octanol–water partition coefficient (Wildman–Crippen LogP) is 3.64. The highest BCUT2D eigenvalue weighted by atomic mass is 32.2. The van der Waals surface area contributed by atoms with Crippen molar-refractivity contribution in [3.8, 4) is 5.75 Å². The molecule has 0 saturated heterocycles. The Balaban J connectivity index is 2.01. The van der Waals surface area contributed by atoms with Gasteiger partial charge in [0.2, 0.25) is 0 Å². The summed E-state index contributed by atoms with van der Waals surface area (Å²) in [5, 5.41) is 6.16. The first-order valence-corrected chi connectivity index (χ1v) is 6.89. The van der Waals surface area contributed by atoms with E-state index in [0.717, 1.165) is 0 Å². The van der Waals surface area contributed by atoms with Gasteiger partial charge in [-0.15, -0.1) is 36.7 Å². The van der Waals surface area contributed by atoms with Gasteiger partial charge in [-0.05, 0) is 29.0 Å². The molecule has 3 rings (SSSR count). The Morgan fingerprint density at radius 1 is 1.21 bits per heavy atom. The third-order valence-corrected chi connectivity index (χ3v) is 5.42. The number of halogens is 3. The first-order chi connectivity index (χ1) is 8.91. The fraction of sp³-hybridized carbons (Fsp3) is 0.182. The van der Waals surface area contributed by atoms with E-state index in [0.29, 0.717) is 11.3 Å². The molecule has 0 aliphatic carbocycles. The van der Waals surface area contributed by atoms with Gasteiger partial charge in [0, 0.05) is 11.3 Å². The van der Waals surface area contributed by atoms with Crippen LogP contribution in [0, 0.1) is 0 Å². The SMILES string of the molecule is O=C1Nc2ccc(OC(F)(F)F)cc2C12SC=CS2. The van der Waals surface area contributed by atoms with Crippen molar-refractivity contribution in [3.63, 3.8) is 0 Å². The first kappa shape index (κ1) is 12.7. The second-order valence-corrected chi connectivity index (χ2v) is 6.33. The summed E-state index contributed by atoms with van der Waals surface area (Å²) < 4.78 is 39.6. The van der Waals surface area contributed by atoms with Gasteiger partial charge in [-0.1, -0.05) is 0 Å². The monoisotopic (exact) mass is 305 g/mol. The lowest BCUT2D eigenvalue weighted by molar-refractivity contribution is -0.274. The summed E-state index contributed by atoms with van der Waals surface area (Å²) in [7, 11) is 0. The number of nitrogens with one attached hydrogen (secondary N) is 1. The minimum atomic E-state index is -4.74. The number of thioether (sulfide) groups is 2. The molecule has 1 spiro atoms. The van der Waals surface area contributed by atoms with Crippen molar-refractivity contribution < 1.29 is 22.7 Å². The zero-order chi connectivity index (χ0) is 13.7. The molecular formula is C11H6F3NO2S2. The zero-order valence-corrected chi connectivity index (χ0v) is 10.8. The van der Waals surface area contributed by atoms with Crippen molar-refractivity contribution in [2.75, 3.05) is 5.32 Å². The van der Waals surface area contributed by atoms with Gasteiger partial charge in [0.25, 0.3) is 5.91 Å². The molecule has 1 N–H and O–H groups in total. The maximum absolute atomic E-state index is 12.2. The highest BCUT2D eigenvalue weighted by Crippen LogP contribution is 2.58. The van der Waals surface area contributed by atoms with E-state index in [-0.39, 0.29) is 11.7 Å². The van der Waals surface area contributed by atoms with Crippen LogP contribution in [0.2, 0.25) is 0 Å². The number of fused-ring (bicyclic) bond motifs is 2. The van der Waals surface area contributed by atoms with Crippen LogP contribution < -0.4 is 10.1 Å². The molecule has 1 amide bonds. The van der Waals surface area contributed by atoms with Crippen LogP contribution in [-0.2, 0) is 8.87 Å². The van der Waals surface area contributed by atoms with E-state index < -0.39 is 10.4 Å². The number of carbonyl (C=O) groups excluding carboxylic acids is 1. The fourth-order valence-electron chi connectivity index (χ4n) is 1.94. The summed E-state index contributed by atoms with van der Waals surface area (Å²) in [5.74, 6) is -0.568. The van der Waals surface area contributed by atoms with Gasteiger partial charge in [0.05, 0.1) is 0 Å². The Kier molecular flexibility index (Phi) is 2.75. The Morgan fingerprint density at radius 3 is 2.53 bits per heavy atom. The Hall–Kier alpha value is -1.28. The van der Waals surface area contributed by atoms with Crippen LogP contribution in [0.1, 0.15) is 5.56 Å². The summed E-state index contributed by atoms with van der Waals surface area (Å²) in [6, 6.07) is 3.86. The number of alkyl halides is 3. The van der Waals surface area contributed by atoms with Crippen LogP contribution in [0.4, 0.5) is 18.9 Å². The molecule has 1 aromatic rings. The zero-order valence-electron chi connectivity index (χ0n) is 9.15. The van der Waals surface area contributed by atoms with Gasteiger partial charge in [-0.3, -0.25) is 4.79 Å². The number of carbonyl (C=O) groups is 1. The molecule has 0 aromatic heterocycles. The van der Waals surface area contributed by atoms with Crippen molar-refractivity contribution in [1.29, 1.82) is 0 Å².